The molecule has 0 amide bonds. The Hall–Kier alpha value is -2.72. The summed E-state index contributed by atoms with van der Waals surface area (Å²) in [6.07, 6.45) is 4.15. The van der Waals surface area contributed by atoms with E-state index in [0.29, 0.717) is 0 Å². The molecule has 0 saturated heterocycles. The zero-order chi connectivity index (χ0) is 18.1. The number of nitrogens with one attached hydrogen (secondary N) is 1. The van der Waals surface area contributed by atoms with Gasteiger partial charge in [0.05, 0.1) is 0 Å². The van der Waals surface area contributed by atoms with Crippen molar-refractivity contribution >= 4 is 28.9 Å². The fourth-order valence-electron chi connectivity index (χ4n) is 3.05. The third kappa shape index (κ3) is 3.08. The van der Waals surface area contributed by atoms with E-state index in [-0.39, 0.29) is 0 Å². The number of nitrogens with zero attached hydrogens (tertiary/aromatic N) is 2. The molecule has 0 bridgehead atoms. The van der Waals surface area contributed by atoms with E-state index >= 15 is 0 Å². The molecule has 0 atom stereocenters. The van der Waals surface area contributed by atoms with Gasteiger partial charge in [-0.25, -0.2) is 4.98 Å². The molecule has 2 aromatic carbocycles. The molecule has 4 heteroatoms. The smallest absolute Gasteiger partial charge is 0.143 e. The van der Waals surface area contributed by atoms with E-state index in [1.54, 1.807) is 11.8 Å². The van der Waals surface area contributed by atoms with E-state index in [4.69, 9.17) is 4.98 Å². The van der Waals surface area contributed by atoms with Crippen molar-refractivity contribution < 1.29 is 0 Å². The summed E-state index contributed by atoms with van der Waals surface area (Å²) < 4.78 is 2.13. The molecule has 0 aliphatic carbocycles. The van der Waals surface area contributed by atoms with Crippen LogP contribution >= 0.6 is 11.8 Å². The molecule has 4 aromatic rings. The number of aromatic nitrogens is 2. The minimum Gasteiger partial charge on any atom is -0.339 e. The summed E-state index contributed by atoms with van der Waals surface area (Å²) in [5, 5.41) is 3.57. The predicted molar refractivity (Wildman–Crippen MR) is 112 cm³/mol. The SMILES string of the molecule is CSc1ccc(-c2nc3c(C)cccn3c2Nc2ccc(C)cc2)cc1. The molecule has 130 valence electrons. The Morgan fingerprint density at radius 2 is 1.65 bits per heavy atom. The molecule has 0 unspecified atom stereocenters. The summed E-state index contributed by atoms with van der Waals surface area (Å²) in [5.74, 6) is 0.990. The van der Waals surface area contributed by atoms with Crippen LogP contribution in [-0.2, 0) is 0 Å². The van der Waals surface area contributed by atoms with Gasteiger partial charge in [-0.1, -0.05) is 35.9 Å². The first kappa shape index (κ1) is 16.7. The molecule has 2 aromatic heterocycles. The maximum atomic E-state index is 4.95. The minimum absolute atomic E-state index is 0.965. The lowest BCUT2D eigenvalue weighted by Gasteiger charge is -2.10. The number of hydrogen-bond donors (Lipinski definition) is 1. The van der Waals surface area contributed by atoms with Gasteiger partial charge in [0, 0.05) is 22.3 Å². The molecule has 0 radical (unpaired) electrons. The standard InChI is InChI=1S/C22H21N3S/c1-15-6-10-18(11-7-15)23-22-20(17-8-12-19(26-3)13-9-17)24-21-16(2)5-4-14-25(21)22/h4-14,23H,1-3H3. The zero-order valence-electron chi connectivity index (χ0n) is 15.2. The van der Waals surface area contributed by atoms with Crippen LogP contribution in [-0.4, -0.2) is 15.6 Å². The number of hydrogen-bond acceptors (Lipinski definition) is 3. The monoisotopic (exact) mass is 359 g/mol. The van der Waals surface area contributed by atoms with Gasteiger partial charge in [0.25, 0.3) is 0 Å². The van der Waals surface area contributed by atoms with Crippen LogP contribution in [0.4, 0.5) is 11.5 Å². The van der Waals surface area contributed by atoms with Gasteiger partial charge in [-0.05, 0) is 56.0 Å². The molecule has 0 saturated carbocycles. The molecular formula is C22H21N3S. The van der Waals surface area contributed by atoms with Gasteiger partial charge in [0.1, 0.15) is 17.2 Å². The Bertz CT molecular complexity index is 1050. The lowest BCUT2D eigenvalue weighted by atomic mass is 10.1. The van der Waals surface area contributed by atoms with Crippen LogP contribution in [0.1, 0.15) is 11.1 Å². The summed E-state index contributed by atoms with van der Waals surface area (Å²) in [5.41, 5.74) is 6.52. The highest BCUT2D eigenvalue weighted by Crippen LogP contribution is 2.33. The predicted octanol–water partition coefficient (Wildman–Crippen LogP) is 6.08. The highest BCUT2D eigenvalue weighted by Gasteiger charge is 2.15. The van der Waals surface area contributed by atoms with Crippen LogP contribution in [0.2, 0.25) is 0 Å². The lowest BCUT2D eigenvalue weighted by molar-refractivity contribution is 1.16. The van der Waals surface area contributed by atoms with Crippen molar-refractivity contribution in [1.29, 1.82) is 0 Å². The van der Waals surface area contributed by atoms with E-state index in [2.05, 4.69) is 96.7 Å². The summed E-state index contributed by atoms with van der Waals surface area (Å²) in [6.45, 7) is 4.19. The van der Waals surface area contributed by atoms with Crippen LogP contribution in [0.5, 0.6) is 0 Å². The normalized spacial score (nSPS) is 11.0. The van der Waals surface area contributed by atoms with Gasteiger partial charge in [0.2, 0.25) is 0 Å². The number of benzene rings is 2. The molecular weight excluding hydrogens is 338 g/mol. The van der Waals surface area contributed by atoms with Crippen LogP contribution in [0.25, 0.3) is 16.9 Å². The summed E-state index contributed by atoms with van der Waals surface area (Å²) in [7, 11) is 0. The number of fused-ring (bicyclic) bond motifs is 1. The first-order valence-electron chi connectivity index (χ1n) is 8.61. The van der Waals surface area contributed by atoms with Crippen molar-refractivity contribution in [3.8, 4) is 11.3 Å². The highest BCUT2D eigenvalue weighted by atomic mass is 32.2. The van der Waals surface area contributed by atoms with Crippen molar-refractivity contribution in [2.24, 2.45) is 0 Å². The summed E-state index contributed by atoms with van der Waals surface area (Å²) >= 11 is 1.75. The molecule has 26 heavy (non-hydrogen) atoms. The van der Waals surface area contributed by atoms with Crippen molar-refractivity contribution in [2.45, 2.75) is 18.7 Å². The van der Waals surface area contributed by atoms with E-state index < -0.39 is 0 Å². The molecule has 0 spiro atoms. The van der Waals surface area contributed by atoms with Gasteiger partial charge >= 0.3 is 0 Å². The van der Waals surface area contributed by atoms with E-state index in [9.17, 15) is 0 Å². The van der Waals surface area contributed by atoms with Crippen molar-refractivity contribution in [2.75, 3.05) is 11.6 Å². The number of rotatable bonds is 4. The first-order chi connectivity index (χ1) is 12.7. The van der Waals surface area contributed by atoms with Crippen LogP contribution in [0, 0.1) is 13.8 Å². The summed E-state index contributed by atoms with van der Waals surface area (Å²) in [4.78, 5) is 6.20. The van der Waals surface area contributed by atoms with Crippen molar-refractivity contribution in [1.82, 2.24) is 9.38 Å². The van der Waals surface area contributed by atoms with Crippen LogP contribution in [0.3, 0.4) is 0 Å². The van der Waals surface area contributed by atoms with Gasteiger partial charge in [0.15, 0.2) is 0 Å². The molecule has 0 fully saturated rings. The third-order valence-electron chi connectivity index (χ3n) is 4.52. The molecule has 4 rings (SSSR count). The Kier molecular flexibility index (Phi) is 4.43. The maximum absolute atomic E-state index is 4.95. The fourth-order valence-corrected chi connectivity index (χ4v) is 3.46. The van der Waals surface area contributed by atoms with Gasteiger partial charge < -0.3 is 5.32 Å². The van der Waals surface area contributed by atoms with Crippen LogP contribution < -0.4 is 5.32 Å². The lowest BCUT2D eigenvalue weighted by Crippen LogP contribution is -1.97. The number of pyridine rings is 1. The fraction of sp³-hybridized carbons (Fsp3) is 0.136. The van der Waals surface area contributed by atoms with Gasteiger partial charge in [-0.15, -0.1) is 11.8 Å². The van der Waals surface area contributed by atoms with Crippen molar-refractivity contribution in [3.63, 3.8) is 0 Å². The number of aryl methyl sites for hydroxylation is 2. The van der Waals surface area contributed by atoms with Gasteiger partial charge in [-0.3, -0.25) is 4.40 Å². The third-order valence-corrected chi connectivity index (χ3v) is 5.27. The Labute approximate surface area is 158 Å². The Morgan fingerprint density at radius 3 is 2.35 bits per heavy atom. The highest BCUT2D eigenvalue weighted by molar-refractivity contribution is 7.98. The quantitative estimate of drug-likeness (QED) is 0.448. The Morgan fingerprint density at radius 1 is 0.923 bits per heavy atom. The van der Waals surface area contributed by atoms with E-state index in [1.165, 1.54) is 10.5 Å². The topological polar surface area (TPSA) is 29.3 Å². The van der Waals surface area contributed by atoms with Crippen molar-refractivity contribution in [3.05, 3.63) is 78.0 Å². The Balaban J connectivity index is 1.87. The number of thioether (sulfide) groups is 1. The average Bonchev–Trinajstić information content (AvgIpc) is 3.04. The van der Waals surface area contributed by atoms with Gasteiger partial charge in [-0.2, -0.15) is 0 Å². The minimum atomic E-state index is 0.965. The number of imidazole rings is 1. The molecule has 1 N–H and O–H groups in total. The second-order valence-corrected chi connectivity index (χ2v) is 7.29. The molecule has 3 nitrogen and oxygen atoms in total. The number of anilines is 2. The van der Waals surface area contributed by atoms with E-state index in [1.807, 2.05) is 0 Å². The molecule has 0 aliphatic heterocycles. The molecule has 2 heterocycles. The molecule has 0 aliphatic rings. The largest absolute Gasteiger partial charge is 0.339 e. The average molecular weight is 359 g/mol. The zero-order valence-corrected chi connectivity index (χ0v) is 16.0. The second kappa shape index (κ2) is 6.89. The van der Waals surface area contributed by atoms with Crippen LogP contribution in [0.15, 0.2) is 71.8 Å². The first-order valence-corrected chi connectivity index (χ1v) is 9.84. The second-order valence-electron chi connectivity index (χ2n) is 6.41. The van der Waals surface area contributed by atoms with E-state index in [0.717, 1.165) is 34.0 Å². The maximum Gasteiger partial charge on any atom is 0.143 e. The summed E-state index contributed by atoms with van der Waals surface area (Å²) in [6, 6.07) is 21.2.